The van der Waals surface area contributed by atoms with Crippen molar-refractivity contribution in [3.8, 4) is 0 Å². The number of rotatable bonds is 3. The highest BCUT2D eigenvalue weighted by Gasteiger charge is 2.22. The topological polar surface area (TPSA) is 70.6 Å². The number of piperidine rings is 1. The van der Waals surface area contributed by atoms with E-state index in [4.69, 9.17) is 4.98 Å². The van der Waals surface area contributed by atoms with Crippen LogP contribution in [0.4, 0.5) is 0 Å². The third kappa shape index (κ3) is 3.07. The van der Waals surface area contributed by atoms with Gasteiger partial charge in [-0.15, -0.1) is 0 Å². The van der Waals surface area contributed by atoms with Crippen LogP contribution in [-0.2, 0) is 6.54 Å². The highest BCUT2D eigenvalue weighted by atomic mass is 15.1. The van der Waals surface area contributed by atoms with Crippen LogP contribution >= 0.6 is 0 Å². The third-order valence-corrected chi connectivity index (χ3v) is 4.49. The summed E-state index contributed by atoms with van der Waals surface area (Å²) in [6.07, 6.45) is 8.06. The summed E-state index contributed by atoms with van der Waals surface area (Å²) >= 11 is 0. The zero-order valence-electron chi connectivity index (χ0n) is 13.2. The predicted molar refractivity (Wildman–Crippen MR) is 87.9 cm³/mol. The van der Waals surface area contributed by atoms with Gasteiger partial charge in [-0.3, -0.25) is 10.00 Å². The second-order valence-electron chi connectivity index (χ2n) is 6.26. The lowest BCUT2D eigenvalue weighted by atomic mass is 9.94. The lowest BCUT2D eigenvalue weighted by molar-refractivity contribution is 0.198. The number of nitrogens with zero attached hydrogens (tertiary/aromatic N) is 5. The maximum atomic E-state index is 4.74. The van der Waals surface area contributed by atoms with E-state index in [1.54, 1.807) is 0 Å². The first kappa shape index (κ1) is 14.3. The molecule has 0 spiro atoms. The van der Waals surface area contributed by atoms with E-state index >= 15 is 0 Å². The lowest BCUT2D eigenvalue weighted by Gasteiger charge is -2.32. The molecule has 4 rings (SSSR count). The zero-order valence-corrected chi connectivity index (χ0v) is 13.2. The predicted octanol–water partition coefficient (Wildman–Crippen LogP) is 2.44. The molecule has 0 saturated carbocycles. The average Bonchev–Trinajstić information content (AvgIpc) is 3.05. The molecule has 118 valence electrons. The molecule has 0 amide bonds. The van der Waals surface area contributed by atoms with Crippen molar-refractivity contribution >= 4 is 11.0 Å². The van der Waals surface area contributed by atoms with Gasteiger partial charge in [-0.1, -0.05) is 0 Å². The van der Waals surface area contributed by atoms with E-state index in [2.05, 4.69) is 37.2 Å². The molecule has 1 N–H and O–H groups in total. The molecule has 6 nitrogen and oxygen atoms in total. The van der Waals surface area contributed by atoms with E-state index in [1.165, 1.54) is 18.4 Å². The maximum absolute atomic E-state index is 4.74. The first-order valence-corrected chi connectivity index (χ1v) is 8.08. The van der Waals surface area contributed by atoms with Crippen molar-refractivity contribution in [2.75, 3.05) is 13.1 Å². The van der Waals surface area contributed by atoms with Gasteiger partial charge in [-0.05, 0) is 38.4 Å². The van der Waals surface area contributed by atoms with Crippen LogP contribution in [0.1, 0.15) is 35.8 Å². The second-order valence-corrected chi connectivity index (χ2v) is 6.26. The molecule has 6 heteroatoms. The fourth-order valence-electron chi connectivity index (χ4n) is 3.27. The Morgan fingerprint density at radius 1 is 1.22 bits per heavy atom. The van der Waals surface area contributed by atoms with Gasteiger partial charge in [0.25, 0.3) is 0 Å². The summed E-state index contributed by atoms with van der Waals surface area (Å²) in [4.78, 5) is 15.8. The normalized spacial score (nSPS) is 19.3. The van der Waals surface area contributed by atoms with Gasteiger partial charge in [-0.2, -0.15) is 5.10 Å². The minimum Gasteiger partial charge on any atom is -0.298 e. The Hall–Kier alpha value is -2.34. The monoisotopic (exact) mass is 308 g/mol. The number of hydrogen-bond donors (Lipinski definition) is 1. The van der Waals surface area contributed by atoms with Gasteiger partial charge in [-0.25, -0.2) is 15.0 Å². The molecule has 0 aliphatic carbocycles. The summed E-state index contributed by atoms with van der Waals surface area (Å²) in [6.45, 7) is 4.97. The molecule has 23 heavy (non-hydrogen) atoms. The second kappa shape index (κ2) is 6.04. The van der Waals surface area contributed by atoms with Crippen LogP contribution in [0.3, 0.4) is 0 Å². The molecule has 1 aliphatic rings. The fraction of sp³-hybridized carbons (Fsp3) is 0.412. The van der Waals surface area contributed by atoms with Crippen LogP contribution in [0.5, 0.6) is 0 Å². The molecule has 4 heterocycles. The van der Waals surface area contributed by atoms with Crippen molar-refractivity contribution in [1.29, 1.82) is 0 Å². The van der Waals surface area contributed by atoms with Crippen molar-refractivity contribution in [2.24, 2.45) is 0 Å². The Kier molecular flexibility index (Phi) is 3.75. The minimum atomic E-state index is 0.475. The van der Waals surface area contributed by atoms with Crippen LogP contribution in [0.15, 0.2) is 30.7 Å². The lowest BCUT2D eigenvalue weighted by Crippen LogP contribution is -2.34. The number of aromatic amines is 1. The molecule has 0 bridgehead atoms. The molecule has 1 unspecified atom stereocenters. The maximum Gasteiger partial charge on any atom is 0.155 e. The van der Waals surface area contributed by atoms with E-state index < -0.39 is 0 Å². The Labute approximate surface area is 135 Å². The van der Waals surface area contributed by atoms with E-state index in [1.807, 2.05) is 25.5 Å². The fourth-order valence-corrected chi connectivity index (χ4v) is 3.27. The SMILES string of the molecule is Cc1ncc(CN2CCCC(c3ccc4cn[nH]c4n3)C2)cn1. The Morgan fingerprint density at radius 3 is 2.96 bits per heavy atom. The molecular weight excluding hydrogens is 288 g/mol. The standard InChI is InChI=1S/C17H20N6/c1-12-18-7-13(8-19-12)10-23-6-2-3-15(11-23)16-5-4-14-9-20-22-17(14)21-16/h4-5,7-9,15H,2-3,6,10-11H2,1H3,(H,20,21,22). The van der Waals surface area contributed by atoms with Crippen molar-refractivity contribution in [3.05, 3.63) is 47.8 Å². The van der Waals surface area contributed by atoms with E-state index in [9.17, 15) is 0 Å². The number of fused-ring (bicyclic) bond motifs is 1. The third-order valence-electron chi connectivity index (χ3n) is 4.49. The van der Waals surface area contributed by atoms with Gasteiger partial charge in [0.2, 0.25) is 0 Å². The van der Waals surface area contributed by atoms with Crippen molar-refractivity contribution in [1.82, 2.24) is 30.0 Å². The summed E-state index contributed by atoms with van der Waals surface area (Å²) in [6, 6.07) is 4.24. The van der Waals surface area contributed by atoms with E-state index in [0.717, 1.165) is 42.2 Å². The van der Waals surface area contributed by atoms with E-state index in [-0.39, 0.29) is 0 Å². The smallest absolute Gasteiger partial charge is 0.155 e. The molecule has 1 fully saturated rings. The van der Waals surface area contributed by atoms with Gasteiger partial charge < -0.3 is 0 Å². The summed E-state index contributed by atoms with van der Waals surface area (Å²) in [5.41, 5.74) is 3.21. The van der Waals surface area contributed by atoms with Gasteiger partial charge in [0.05, 0.1) is 6.20 Å². The number of aromatic nitrogens is 5. The van der Waals surface area contributed by atoms with Gasteiger partial charge in [0, 0.05) is 48.0 Å². The number of H-pyrrole nitrogens is 1. The van der Waals surface area contributed by atoms with Crippen LogP contribution in [0.25, 0.3) is 11.0 Å². The largest absolute Gasteiger partial charge is 0.298 e. The highest BCUT2D eigenvalue weighted by Crippen LogP contribution is 2.27. The molecule has 0 aromatic carbocycles. The Morgan fingerprint density at radius 2 is 2.09 bits per heavy atom. The quantitative estimate of drug-likeness (QED) is 0.804. The Balaban J connectivity index is 1.48. The van der Waals surface area contributed by atoms with E-state index in [0.29, 0.717) is 5.92 Å². The van der Waals surface area contributed by atoms with Crippen LogP contribution in [-0.4, -0.2) is 43.1 Å². The van der Waals surface area contributed by atoms with Crippen molar-refractivity contribution in [3.63, 3.8) is 0 Å². The van der Waals surface area contributed by atoms with Gasteiger partial charge in [0.1, 0.15) is 5.82 Å². The summed E-state index contributed by atoms with van der Waals surface area (Å²) < 4.78 is 0. The van der Waals surface area contributed by atoms with Crippen molar-refractivity contribution < 1.29 is 0 Å². The summed E-state index contributed by atoms with van der Waals surface area (Å²) in [5, 5.41) is 8.09. The number of nitrogens with one attached hydrogen (secondary N) is 1. The van der Waals surface area contributed by atoms with Crippen LogP contribution in [0, 0.1) is 6.92 Å². The number of pyridine rings is 1. The van der Waals surface area contributed by atoms with Gasteiger partial charge >= 0.3 is 0 Å². The van der Waals surface area contributed by atoms with Crippen LogP contribution in [0.2, 0.25) is 0 Å². The average molecular weight is 308 g/mol. The molecular formula is C17H20N6. The molecule has 3 aromatic rings. The Bertz CT molecular complexity index is 794. The molecule has 1 aliphatic heterocycles. The first-order chi connectivity index (χ1) is 11.3. The number of likely N-dealkylation sites (tertiary alicyclic amines) is 1. The first-order valence-electron chi connectivity index (χ1n) is 8.08. The summed E-state index contributed by atoms with van der Waals surface area (Å²) in [7, 11) is 0. The van der Waals surface area contributed by atoms with Crippen LogP contribution < -0.4 is 0 Å². The highest BCUT2D eigenvalue weighted by molar-refractivity contribution is 5.73. The molecule has 1 atom stereocenters. The zero-order chi connectivity index (χ0) is 15.6. The molecule has 1 saturated heterocycles. The summed E-state index contributed by atoms with van der Waals surface area (Å²) in [5.74, 6) is 1.30. The minimum absolute atomic E-state index is 0.475. The number of aryl methyl sites for hydroxylation is 1. The molecule has 0 radical (unpaired) electrons. The van der Waals surface area contributed by atoms with Crippen molar-refractivity contribution in [2.45, 2.75) is 32.2 Å². The number of hydrogen-bond acceptors (Lipinski definition) is 5. The molecule has 3 aromatic heterocycles. The van der Waals surface area contributed by atoms with Gasteiger partial charge in [0.15, 0.2) is 5.65 Å².